The zero-order chi connectivity index (χ0) is 10.6. The zero-order valence-corrected chi connectivity index (χ0v) is 8.09. The Morgan fingerprint density at radius 2 is 2.43 bits per heavy atom. The molecule has 0 aromatic carbocycles. The summed E-state index contributed by atoms with van der Waals surface area (Å²) in [6.07, 6.45) is 0. The highest BCUT2D eigenvalue weighted by Crippen LogP contribution is 1.98. The van der Waals surface area contributed by atoms with Crippen molar-refractivity contribution in [3.05, 3.63) is 0 Å². The van der Waals surface area contributed by atoms with Gasteiger partial charge in [0.1, 0.15) is 5.84 Å². The van der Waals surface area contributed by atoms with Crippen LogP contribution in [0.5, 0.6) is 0 Å². The number of ether oxygens (including phenoxy) is 1. The Hall–Kier alpha value is -1.43. The average molecular weight is 198 g/mol. The SMILES string of the molecule is CCOC(=O)C(=N)N1CCNCC1=N. The van der Waals surface area contributed by atoms with Gasteiger partial charge in [-0.05, 0) is 6.92 Å². The molecular formula is C8H14N4O2. The Balaban J connectivity index is 2.58. The lowest BCUT2D eigenvalue weighted by Gasteiger charge is -2.28. The van der Waals surface area contributed by atoms with Crippen molar-refractivity contribution < 1.29 is 9.53 Å². The van der Waals surface area contributed by atoms with Crippen LogP contribution in [0.1, 0.15) is 6.92 Å². The van der Waals surface area contributed by atoms with E-state index >= 15 is 0 Å². The molecular weight excluding hydrogens is 184 g/mol. The van der Waals surface area contributed by atoms with Gasteiger partial charge in [-0.1, -0.05) is 0 Å². The fourth-order valence-electron chi connectivity index (χ4n) is 1.18. The Labute approximate surface area is 82.2 Å². The maximum absolute atomic E-state index is 11.2. The maximum Gasteiger partial charge on any atom is 0.373 e. The summed E-state index contributed by atoms with van der Waals surface area (Å²) >= 11 is 0. The molecule has 6 heteroatoms. The number of hydrogen-bond donors (Lipinski definition) is 3. The second-order valence-corrected chi connectivity index (χ2v) is 2.84. The van der Waals surface area contributed by atoms with Gasteiger partial charge in [0.25, 0.3) is 0 Å². The van der Waals surface area contributed by atoms with Crippen LogP contribution in [0.25, 0.3) is 0 Å². The predicted octanol–water partition coefficient (Wildman–Crippen LogP) is -0.591. The van der Waals surface area contributed by atoms with Crippen LogP contribution in [0.2, 0.25) is 0 Å². The highest BCUT2D eigenvalue weighted by molar-refractivity contribution is 6.36. The number of carbonyl (C=O) groups excluding carboxylic acids is 1. The second kappa shape index (κ2) is 4.71. The van der Waals surface area contributed by atoms with Crippen LogP contribution in [0, 0.1) is 10.8 Å². The third-order valence-corrected chi connectivity index (χ3v) is 1.87. The van der Waals surface area contributed by atoms with Crippen LogP contribution in [0.3, 0.4) is 0 Å². The molecule has 1 aliphatic heterocycles. The summed E-state index contributed by atoms with van der Waals surface area (Å²) in [4.78, 5) is 12.5. The molecule has 0 aliphatic carbocycles. The van der Waals surface area contributed by atoms with E-state index in [1.165, 1.54) is 4.90 Å². The molecule has 0 aromatic rings. The fourth-order valence-corrected chi connectivity index (χ4v) is 1.18. The molecule has 0 aromatic heterocycles. The van der Waals surface area contributed by atoms with Gasteiger partial charge in [-0.25, -0.2) is 4.79 Å². The minimum Gasteiger partial charge on any atom is -0.460 e. The number of amidine groups is 2. The number of carbonyl (C=O) groups is 1. The van der Waals surface area contributed by atoms with Crippen molar-refractivity contribution in [2.45, 2.75) is 6.92 Å². The van der Waals surface area contributed by atoms with Crippen LogP contribution in [-0.4, -0.2) is 48.8 Å². The molecule has 0 saturated carbocycles. The Kier molecular flexibility index (Phi) is 3.58. The van der Waals surface area contributed by atoms with Gasteiger partial charge in [-0.3, -0.25) is 10.8 Å². The molecule has 0 atom stereocenters. The lowest BCUT2D eigenvalue weighted by molar-refractivity contribution is -0.135. The van der Waals surface area contributed by atoms with Gasteiger partial charge in [-0.2, -0.15) is 0 Å². The second-order valence-electron chi connectivity index (χ2n) is 2.84. The quantitative estimate of drug-likeness (QED) is 0.298. The minimum absolute atomic E-state index is 0.231. The lowest BCUT2D eigenvalue weighted by atomic mass is 10.3. The number of nitrogens with one attached hydrogen (secondary N) is 3. The van der Waals surface area contributed by atoms with Gasteiger partial charge in [0, 0.05) is 13.1 Å². The normalized spacial score (nSPS) is 16.6. The molecule has 3 N–H and O–H groups in total. The van der Waals surface area contributed by atoms with Crippen LogP contribution in [0.4, 0.5) is 0 Å². The van der Waals surface area contributed by atoms with Crippen LogP contribution in [0.15, 0.2) is 0 Å². The van der Waals surface area contributed by atoms with Crippen molar-refractivity contribution in [1.82, 2.24) is 10.2 Å². The molecule has 0 bridgehead atoms. The molecule has 0 spiro atoms. The van der Waals surface area contributed by atoms with Crippen LogP contribution >= 0.6 is 0 Å². The summed E-state index contributed by atoms with van der Waals surface area (Å²) in [6.45, 7) is 3.47. The summed E-state index contributed by atoms with van der Waals surface area (Å²) in [5.41, 5.74) is 0. The number of hydrogen-bond acceptors (Lipinski definition) is 5. The van der Waals surface area contributed by atoms with Gasteiger partial charge >= 0.3 is 5.97 Å². The average Bonchev–Trinajstić information content (AvgIpc) is 2.18. The van der Waals surface area contributed by atoms with Gasteiger partial charge in [0.05, 0.1) is 13.2 Å². The third kappa shape index (κ3) is 2.29. The topological polar surface area (TPSA) is 89.3 Å². The summed E-state index contributed by atoms with van der Waals surface area (Å²) in [7, 11) is 0. The van der Waals surface area contributed by atoms with E-state index in [2.05, 4.69) is 10.1 Å². The number of esters is 1. The number of nitrogens with zero attached hydrogens (tertiary/aromatic N) is 1. The Morgan fingerprint density at radius 1 is 1.71 bits per heavy atom. The van der Waals surface area contributed by atoms with Crippen molar-refractivity contribution in [1.29, 1.82) is 10.8 Å². The highest BCUT2D eigenvalue weighted by atomic mass is 16.5. The molecule has 1 rings (SSSR count). The molecule has 1 aliphatic rings. The first-order valence-corrected chi connectivity index (χ1v) is 4.48. The van der Waals surface area contributed by atoms with Crippen molar-refractivity contribution in [3.8, 4) is 0 Å². The van der Waals surface area contributed by atoms with E-state index in [9.17, 15) is 4.79 Å². The number of piperazine rings is 1. The smallest absolute Gasteiger partial charge is 0.373 e. The molecule has 78 valence electrons. The third-order valence-electron chi connectivity index (χ3n) is 1.87. The standard InChI is InChI=1S/C8H14N4O2/c1-2-14-8(13)7(10)12-4-3-11-5-6(12)9/h9-11H,2-5H2,1H3. The van der Waals surface area contributed by atoms with E-state index in [0.717, 1.165) is 0 Å². The van der Waals surface area contributed by atoms with Crippen molar-refractivity contribution in [2.75, 3.05) is 26.2 Å². The van der Waals surface area contributed by atoms with E-state index in [4.69, 9.17) is 10.8 Å². The van der Waals surface area contributed by atoms with Gasteiger partial charge < -0.3 is 15.0 Å². The minimum atomic E-state index is -0.667. The van der Waals surface area contributed by atoms with Gasteiger partial charge in [0.2, 0.25) is 5.84 Å². The van der Waals surface area contributed by atoms with E-state index in [1.54, 1.807) is 6.92 Å². The van der Waals surface area contributed by atoms with Crippen molar-refractivity contribution >= 4 is 17.6 Å². The zero-order valence-electron chi connectivity index (χ0n) is 8.09. The van der Waals surface area contributed by atoms with E-state index in [0.29, 0.717) is 19.6 Å². The first-order valence-electron chi connectivity index (χ1n) is 4.48. The van der Waals surface area contributed by atoms with Crippen molar-refractivity contribution in [2.24, 2.45) is 0 Å². The molecule has 1 saturated heterocycles. The summed E-state index contributed by atoms with van der Waals surface area (Å²) in [5, 5.41) is 18.0. The van der Waals surface area contributed by atoms with Crippen LogP contribution in [-0.2, 0) is 9.53 Å². The summed E-state index contributed by atoms with van der Waals surface area (Å²) in [6, 6.07) is 0. The monoisotopic (exact) mass is 198 g/mol. The first-order chi connectivity index (χ1) is 6.66. The largest absolute Gasteiger partial charge is 0.460 e. The Morgan fingerprint density at radius 3 is 3.00 bits per heavy atom. The number of rotatable bonds is 1. The molecule has 1 heterocycles. The van der Waals surface area contributed by atoms with E-state index in [1.807, 2.05) is 0 Å². The highest BCUT2D eigenvalue weighted by Gasteiger charge is 2.24. The van der Waals surface area contributed by atoms with Crippen molar-refractivity contribution in [3.63, 3.8) is 0 Å². The first kappa shape index (κ1) is 10.6. The lowest BCUT2D eigenvalue weighted by Crippen LogP contribution is -2.52. The fraction of sp³-hybridized carbons (Fsp3) is 0.625. The van der Waals surface area contributed by atoms with E-state index in [-0.39, 0.29) is 18.3 Å². The van der Waals surface area contributed by atoms with Crippen LogP contribution < -0.4 is 5.32 Å². The molecule has 14 heavy (non-hydrogen) atoms. The molecule has 0 amide bonds. The molecule has 0 unspecified atom stereocenters. The van der Waals surface area contributed by atoms with E-state index < -0.39 is 5.97 Å². The summed E-state index contributed by atoms with van der Waals surface area (Å²) < 4.78 is 4.68. The maximum atomic E-state index is 11.2. The molecule has 0 radical (unpaired) electrons. The predicted molar refractivity (Wildman–Crippen MR) is 51.7 cm³/mol. The van der Waals surface area contributed by atoms with Gasteiger partial charge in [0.15, 0.2) is 0 Å². The summed E-state index contributed by atoms with van der Waals surface area (Å²) in [5.74, 6) is -0.688. The molecule has 6 nitrogen and oxygen atoms in total. The Bertz CT molecular complexity index is 264. The molecule has 1 fully saturated rings. The van der Waals surface area contributed by atoms with Gasteiger partial charge in [-0.15, -0.1) is 0 Å².